The molecule has 1 atom stereocenters. The van der Waals surface area contributed by atoms with E-state index in [0.29, 0.717) is 40.8 Å². The van der Waals surface area contributed by atoms with Crippen LogP contribution >= 0.6 is 23.2 Å². The zero-order valence-corrected chi connectivity index (χ0v) is 23.5. The maximum atomic E-state index is 13.7. The number of nitrogens with zero attached hydrogens (tertiary/aromatic N) is 1. The summed E-state index contributed by atoms with van der Waals surface area (Å²) in [4.78, 5) is 28.7. The molecule has 0 radical (unpaired) electrons. The van der Waals surface area contributed by atoms with Crippen molar-refractivity contribution >= 4 is 35.0 Å². The van der Waals surface area contributed by atoms with Crippen molar-refractivity contribution in [2.75, 3.05) is 13.7 Å². The van der Waals surface area contributed by atoms with Crippen LogP contribution < -0.4 is 14.8 Å². The molecule has 0 aliphatic carbocycles. The normalized spacial score (nSPS) is 11.6. The van der Waals surface area contributed by atoms with E-state index < -0.39 is 6.04 Å². The Morgan fingerprint density at radius 3 is 2.13 bits per heavy atom. The smallest absolute Gasteiger partial charge is 0.243 e. The van der Waals surface area contributed by atoms with Gasteiger partial charge in [0.15, 0.2) is 0 Å². The zero-order chi connectivity index (χ0) is 27.5. The molecule has 0 saturated heterocycles. The largest absolute Gasteiger partial charge is 0.497 e. The standard InChI is InChI=1S/C30H34Cl2N2O4/c1-21(2)33-30(36)28(19-22-9-5-4-6-10-22)34(20-25-26(31)11-7-12-27(25)32)29(35)13-8-18-38-24-16-14-23(37-3)15-17-24/h4-7,9-12,14-17,21,28H,8,13,18-20H2,1-3H3,(H,33,36)/t28-/m0/s1. The van der Waals surface area contributed by atoms with E-state index in [0.717, 1.165) is 11.3 Å². The summed E-state index contributed by atoms with van der Waals surface area (Å²) in [6.45, 7) is 4.25. The van der Waals surface area contributed by atoms with Crippen molar-refractivity contribution < 1.29 is 19.1 Å². The van der Waals surface area contributed by atoms with E-state index in [1.807, 2.05) is 68.4 Å². The van der Waals surface area contributed by atoms with Gasteiger partial charge in [-0.25, -0.2) is 0 Å². The molecule has 0 spiro atoms. The molecular formula is C30H34Cl2N2O4. The van der Waals surface area contributed by atoms with Crippen molar-refractivity contribution in [3.63, 3.8) is 0 Å². The quantitative estimate of drug-likeness (QED) is 0.250. The Morgan fingerprint density at radius 2 is 1.53 bits per heavy atom. The molecular weight excluding hydrogens is 523 g/mol. The molecule has 3 aromatic rings. The number of ether oxygens (including phenoxy) is 2. The molecule has 6 nitrogen and oxygen atoms in total. The van der Waals surface area contributed by atoms with Gasteiger partial charge in [-0.05, 0) is 62.2 Å². The van der Waals surface area contributed by atoms with Crippen LogP contribution in [0.15, 0.2) is 72.8 Å². The molecule has 1 N–H and O–H groups in total. The van der Waals surface area contributed by atoms with Crippen molar-refractivity contribution in [1.29, 1.82) is 0 Å². The van der Waals surface area contributed by atoms with Gasteiger partial charge in [-0.3, -0.25) is 9.59 Å². The van der Waals surface area contributed by atoms with Gasteiger partial charge in [-0.2, -0.15) is 0 Å². The third kappa shape index (κ3) is 8.67. The first-order valence-corrected chi connectivity index (χ1v) is 13.4. The van der Waals surface area contributed by atoms with E-state index in [4.69, 9.17) is 32.7 Å². The number of hydrogen-bond acceptors (Lipinski definition) is 4. The van der Waals surface area contributed by atoms with Gasteiger partial charge in [0.05, 0.1) is 13.7 Å². The zero-order valence-electron chi connectivity index (χ0n) is 22.0. The summed E-state index contributed by atoms with van der Waals surface area (Å²) in [6, 6.07) is 21.3. The molecule has 3 rings (SSSR count). The Labute approximate surface area is 234 Å². The van der Waals surface area contributed by atoms with Crippen LogP contribution in [-0.2, 0) is 22.6 Å². The summed E-state index contributed by atoms with van der Waals surface area (Å²) >= 11 is 12.9. The predicted molar refractivity (Wildman–Crippen MR) is 152 cm³/mol. The number of rotatable bonds is 13. The van der Waals surface area contributed by atoms with Gasteiger partial charge in [-0.1, -0.05) is 59.6 Å². The van der Waals surface area contributed by atoms with Gasteiger partial charge < -0.3 is 19.7 Å². The molecule has 0 aliphatic heterocycles. The first kappa shape index (κ1) is 29.3. The number of halogens is 2. The second-order valence-electron chi connectivity index (χ2n) is 9.22. The van der Waals surface area contributed by atoms with E-state index in [1.54, 1.807) is 30.2 Å². The summed E-state index contributed by atoms with van der Waals surface area (Å²) < 4.78 is 11.0. The molecule has 0 aliphatic rings. The topological polar surface area (TPSA) is 67.9 Å². The lowest BCUT2D eigenvalue weighted by atomic mass is 10.0. The maximum absolute atomic E-state index is 13.7. The monoisotopic (exact) mass is 556 g/mol. The van der Waals surface area contributed by atoms with Crippen molar-refractivity contribution in [2.24, 2.45) is 0 Å². The minimum absolute atomic E-state index is 0.0838. The van der Waals surface area contributed by atoms with Gasteiger partial charge >= 0.3 is 0 Å². The summed E-state index contributed by atoms with van der Waals surface area (Å²) in [5.41, 5.74) is 1.55. The fraction of sp³-hybridized carbons (Fsp3) is 0.333. The second-order valence-corrected chi connectivity index (χ2v) is 10.0. The Kier molecular flexibility index (Phi) is 11.3. The fourth-order valence-corrected chi connectivity index (χ4v) is 4.53. The van der Waals surface area contributed by atoms with E-state index in [9.17, 15) is 9.59 Å². The predicted octanol–water partition coefficient (Wildman–Crippen LogP) is 6.33. The first-order chi connectivity index (χ1) is 18.3. The number of methoxy groups -OCH3 is 1. The molecule has 8 heteroatoms. The number of carbonyl (C=O) groups is 2. The number of nitrogens with one attached hydrogen (secondary N) is 1. The highest BCUT2D eigenvalue weighted by Gasteiger charge is 2.31. The van der Waals surface area contributed by atoms with Gasteiger partial charge in [0.2, 0.25) is 11.8 Å². The Hall–Kier alpha value is -3.22. The molecule has 0 unspecified atom stereocenters. The summed E-state index contributed by atoms with van der Waals surface area (Å²) in [5, 5.41) is 3.87. The molecule has 2 amide bonds. The molecule has 0 saturated carbocycles. The van der Waals surface area contributed by atoms with E-state index in [1.165, 1.54) is 0 Å². The maximum Gasteiger partial charge on any atom is 0.243 e. The van der Waals surface area contributed by atoms with Crippen LogP contribution in [0.1, 0.15) is 37.8 Å². The highest BCUT2D eigenvalue weighted by Crippen LogP contribution is 2.28. The minimum Gasteiger partial charge on any atom is -0.497 e. The van der Waals surface area contributed by atoms with E-state index in [-0.39, 0.29) is 30.8 Å². The van der Waals surface area contributed by atoms with Crippen LogP contribution in [0.3, 0.4) is 0 Å². The number of benzene rings is 3. The highest BCUT2D eigenvalue weighted by molar-refractivity contribution is 6.36. The van der Waals surface area contributed by atoms with Crippen LogP contribution in [0.2, 0.25) is 10.0 Å². The van der Waals surface area contributed by atoms with Gasteiger partial charge in [-0.15, -0.1) is 0 Å². The Morgan fingerprint density at radius 1 is 0.895 bits per heavy atom. The Bertz CT molecular complexity index is 1170. The molecule has 0 aromatic heterocycles. The van der Waals surface area contributed by atoms with E-state index >= 15 is 0 Å². The van der Waals surface area contributed by atoms with Crippen molar-refractivity contribution in [1.82, 2.24) is 10.2 Å². The van der Waals surface area contributed by atoms with Gasteiger partial charge in [0, 0.05) is 41.0 Å². The third-order valence-electron chi connectivity index (χ3n) is 5.96. The molecule has 38 heavy (non-hydrogen) atoms. The lowest BCUT2D eigenvalue weighted by molar-refractivity contribution is -0.141. The van der Waals surface area contributed by atoms with Gasteiger partial charge in [0.1, 0.15) is 17.5 Å². The second kappa shape index (κ2) is 14.6. The van der Waals surface area contributed by atoms with Crippen LogP contribution in [-0.4, -0.2) is 42.5 Å². The number of amides is 2. The molecule has 3 aromatic carbocycles. The minimum atomic E-state index is -0.748. The SMILES string of the molecule is COc1ccc(OCCCC(=O)N(Cc2c(Cl)cccc2Cl)[C@@H](Cc2ccccc2)C(=O)NC(C)C)cc1. The van der Waals surface area contributed by atoms with Crippen LogP contribution in [0, 0.1) is 0 Å². The lowest BCUT2D eigenvalue weighted by Crippen LogP contribution is -2.51. The van der Waals surface area contributed by atoms with Crippen LogP contribution in [0.5, 0.6) is 11.5 Å². The van der Waals surface area contributed by atoms with Crippen LogP contribution in [0.4, 0.5) is 0 Å². The fourth-order valence-electron chi connectivity index (χ4n) is 4.02. The number of carbonyl (C=O) groups excluding carboxylic acids is 2. The summed E-state index contributed by atoms with van der Waals surface area (Å²) in [5.74, 6) is 1.02. The van der Waals surface area contributed by atoms with Crippen molar-refractivity contribution in [3.8, 4) is 11.5 Å². The lowest BCUT2D eigenvalue weighted by Gasteiger charge is -2.32. The highest BCUT2D eigenvalue weighted by atomic mass is 35.5. The van der Waals surface area contributed by atoms with E-state index in [2.05, 4.69) is 5.32 Å². The molecule has 0 heterocycles. The average molecular weight is 558 g/mol. The average Bonchev–Trinajstić information content (AvgIpc) is 2.90. The van der Waals surface area contributed by atoms with Crippen molar-refractivity contribution in [2.45, 2.75) is 51.7 Å². The Balaban J connectivity index is 1.81. The van der Waals surface area contributed by atoms with Crippen molar-refractivity contribution in [3.05, 3.63) is 94.0 Å². The van der Waals surface area contributed by atoms with Gasteiger partial charge in [0.25, 0.3) is 0 Å². The molecule has 0 bridgehead atoms. The van der Waals surface area contributed by atoms with Crippen LogP contribution in [0.25, 0.3) is 0 Å². The third-order valence-corrected chi connectivity index (χ3v) is 6.66. The molecule has 202 valence electrons. The first-order valence-electron chi connectivity index (χ1n) is 12.6. The number of hydrogen-bond donors (Lipinski definition) is 1. The summed E-state index contributed by atoms with van der Waals surface area (Å²) in [7, 11) is 1.61. The molecule has 0 fully saturated rings. The summed E-state index contributed by atoms with van der Waals surface area (Å²) in [6.07, 6.45) is 1.02.